The van der Waals surface area contributed by atoms with Crippen LogP contribution >= 0.6 is 0 Å². The predicted molar refractivity (Wildman–Crippen MR) is 243 cm³/mol. The van der Waals surface area contributed by atoms with E-state index < -0.39 is 6.10 Å². The molecule has 0 bridgehead atoms. The highest BCUT2D eigenvalue weighted by Gasteiger charge is 2.19. The van der Waals surface area contributed by atoms with Gasteiger partial charge < -0.3 is 14.2 Å². The number of rotatable bonds is 45. The Morgan fingerprint density at radius 3 is 1.00 bits per heavy atom. The average molecular weight is 807 g/mol. The van der Waals surface area contributed by atoms with Gasteiger partial charge in [-0.05, 0) is 31.1 Å². The number of hydrogen-bond acceptors (Lipinski definition) is 6. The van der Waals surface area contributed by atoms with E-state index in [2.05, 4.69) is 34.6 Å². The highest BCUT2D eigenvalue weighted by Crippen LogP contribution is 2.18. The second-order valence-corrected chi connectivity index (χ2v) is 18.2. The lowest BCUT2D eigenvalue weighted by molar-refractivity contribution is -0.167. The highest BCUT2D eigenvalue weighted by molar-refractivity contribution is 5.71. The molecular weight excluding hydrogens is 709 g/mol. The fraction of sp³-hybridized carbons (Fsp3) is 0.941. The third-order valence-electron chi connectivity index (χ3n) is 11.8. The predicted octanol–water partition coefficient (Wildman–Crippen LogP) is 16.1. The molecule has 338 valence electrons. The first-order valence-electron chi connectivity index (χ1n) is 25.3. The van der Waals surface area contributed by atoms with Crippen LogP contribution in [0.1, 0.15) is 279 Å². The van der Waals surface area contributed by atoms with Crippen molar-refractivity contribution in [2.24, 2.45) is 11.8 Å². The Kier molecular flexibility index (Phi) is 42.7. The van der Waals surface area contributed by atoms with E-state index in [4.69, 9.17) is 14.2 Å². The number of esters is 3. The van der Waals surface area contributed by atoms with Gasteiger partial charge >= 0.3 is 17.9 Å². The Morgan fingerprint density at radius 2 is 0.667 bits per heavy atom. The second-order valence-electron chi connectivity index (χ2n) is 18.2. The maximum Gasteiger partial charge on any atom is 0.306 e. The van der Waals surface area contributed by atoms with Crippen LogP contribution in [0.2, 0.25) is 0 Å². The summed E-state index contributed by atoms with van der Waals surface area (Å²) in [6.07, 6.45) is 43.6. The highest BCUT2D eigenvalue weighted by atomic mass is 16.6. The summed E-state index contributed by atoms with van der Waals surface area (Å²) in [6, 6.07) is 0. The zero-order valence-electron chi connectivity index (χ0n) is 39.0. The molecule has 6 nitrogen and oxygen atoms in total. The van der Waals surface area contributed by atoms with Crippen molar-refractivity contribution >= 4 is 17.9 Å². The van der Waals surface area contributed by atoms with Gasteiger partial charge in [-0.2, -0.15) is 0 Å². The standard InChI is InChI=1S/C51H98O6/c1-6-8-9-10-11-12-14-21-26-31-36-41-49(52)55-44-48(57-51(54)43-38-33-28-23-18-17-20-25-30-35-40-47(5)7-2)45-56-50(53)42-37-32-27-22-16-13-15-19-24-29-34-39-46(3)4/h46-48H,6-45H2,1-5H3/t47?,48-/m1/s1. The molecule has 0 fully saturated rings. The van der Waals surface area contributed by atoms with Crippen LogP contribution in [0, 0.1) is 11.8 Å². The molecule has 57 heavy (non-hydrogen) atoms. The minimum absolute atomic E-state index is 0.0640. The Balaban J connectivity index is 4.33. The van der Waals surface area contributed by atoms with Crippen LogP contribution in [-0.4, -0.2) is 37.2 Å². The number of ether oxygens (including phenoxy) is 3. The van der Waals surface area contributed by atoms with Crippen molar-refractivity contribution in [2.75, 3.05) is 13.2 Å². The van der Waals surface area contributed by atoms with Crippen LogP contribution in [-0.2, 0) is 28.6 Å². The maximum absolute atomic E-state index is 12.8. The maximum atomic E-state index is 12.8. The first-order valence-corrected chi connectivity index (χ1v) is 25.3. The molecule has 0 saturated carbocycles. The van der Waals surface area contributed by atoms with E-state index in [9.17, 15) is 14.4 Å². The largest absolute Gasteiger partial charge is 0.462 e. The SMILES string of the molecule is CCCCCCCCCCCCCC(=O)OC[C@H](COC(=O)CCCCCCCCCCCCCC(C)C)OC(=O)CCCCCCCCCCCCC(C)CC. The van der Waals surface area contributed by atoms with Crippen LogP contribution in [0.15, 0.2) is 0 Å². The van der Waals surface area contributed by atoms with E-state index in [1.807, 2.05) is 0 Å². The lowest BCUT2D eigenvalue weighted by Crippen LogP contribution is -2.30. The molecule has 0 rings (SSSR count). The molecule has 0 aliphatic heterocycles. The number of carbonyl (C=O) groups excluding carboxylic acids is 3. The molecule has 0 amide bonds. The molecule has 0 aromatic heterocycles. The van der Waals surface area contributed by atoms with Crippen LogP contribution in [0.5, 0.6) is 0 Å². The molecule has 0 aliphatic rings. The van der Waals surface area contributed by atoms with Gasteiger partial charge in [-0.1, -0.05) is 240 Å². The first-order chi connectivity index (χ1) is 27.8. The zero-order valence-corrected chi connectivity index (χ0v) is 39.0. The van der Waals surface area contributed by atoms with Gasteiger partial charge in [0, 0.05) is 19.3 Å². The number of unbranched alkanes of at least 4 members (excludes halogenated alkanes) is 29. The molecule has 0 radical (unpaired) electrons. The summed E-state index contributed by atoms with van der Waals surface area (Å²) in [7, 11) is 0. The average Bonchev–Trinajstić information content (AvgIpc) is 3.19. The van der Waals surface area contributed by atoms with Crippen LogP contribution < -0.4 is 0 Å². The summed E-state index contributed by atoms with van der Waals surface area (Å²) in [5.74, 6) is 0.844. The fourth-order valence-electron chi connectivity index (χ4n) is 7.60. The van der Waals surface area contributed by atoms with Gasteiger partial charge in [0.2, 0.25) is 0 Å². The van der Waals surface area contributed by atoms with Gasteiger partial charge in [0.05, 0.1) is 0 Å². The van der Waals surface area contributed by atoms with Crippen LogP contribution in [0.25, 0.3) is 0 Å². The molecule has 0 N–H and O–H groups in total. The third kappa shape index (κ3) is 43.8. The van der Waals surface area contributed by atoms with Crippen molar-refractivity contribution in [2.45, 2.75) is 285 Å². The molecule has 1 unspecified atom stereocenters. The molecule has 6 heteroatoms. The van der Waals surface area contributed by atoms with Crippen molar-refractivity contribution in [3.8, 4) is 0 Å². The van der Waals surface area contributed by atoms with Crippen LogP contribution in [0.4, 0.5) is 0 Å². The Bertz CT molecular complexity index is 872. The summed E-state index contributed by atoms with van der Waals surface area (Å²) in [5, 5.41) is 0. The normalized spacial score (nSPS) is 12.5. The van der Waals surface area contributed by atoms with Gasteiger partial charge in [0.1, 0.15) is 13.2 Å². The lowest BCUT2D eigenvalue weighted by Gasteiger charge is -2.18. The molecule has 0 heterocycles. The smallest absolute Gasteiger partial charge is 0.306 e. The van der Waals surface area contributed by atoms with Crippen molar-refractivity contribution in [3.63, 3.8) is 0 Å². The minimum Gasteiger partial charge on any atom is -0.462 e. The van der Waals surface area contributed by atoms with Gasteiger partial charge in [-0.25, -0.2) is 0 Å². The van der Waals surface area contributed by atoms with Gasteiger partial charge in [-0.3, -0.25) is 14.4 Å². The molecule has 2 atom stereocenters. The Hall–Kier alpha value is -1.59. The van der Waals surface area contributed by atoms with E-state index in [0.29, 0.717) is 19.3 Å². The summed E-state index contributed by atoms with van der Waals surface area (Å²) in [5.41, 5.74) is 0. The van der Waals surface area contributed by atoms with Gasteiger partial charge in [0.25, 0.3) is 0 Å². The molecular formula is C51H98O6. The summed E-state index contributed by atoms with van der Waals surface area (Å²) < 4.78 is 16.8. The van der Waals surface area contributed by atoms with Crippen molar-refractivity contribution in [3.05, 3.63) is 0 Å². The number of hydrogen-bond donors (Lipinski definition) is 0. The summed E-state index contributed by atoms with van der Waals surface area (Å²) >= 11 is 0. The topological polar surface area (TPSA) is 78.9 Å². The van der Waals surface area contributed by atoms with E-state index >= 15 is 0 Å². The Labute approximate surface area is 355 Å². The molecule has 0 saturated heterocycles. The van der Waals surface area contributed by atoms with Gasteiger partial charge in [-0.15, -0.1) is 0 Å². The first kappa shape index (κ1) is 55.4. The molecule has 0 spiro atoms. The third-order valence-corrected chi connectivity index (χ3v) is 11.8. The van der Waals surface area contributed by atoms with Crippen molar-refractivity contribution in [1.29, 1.82) is 0 Å². The van der Waals surface area contributed by atoms with Crippen molar-refractivity contribution in [1.82, 2.24) is 0 Å². The molecule has 0 aromatic carbocycles. The fourth-order valence-corrected chi connectivity index (χ4v) is 7.60. The zero-order chi connectivity index (χ0) is 41.9. The molecule has 0 aromatic rings. The lowest BCUT2D eigenvalue weighted by atomic mass is 9.99. The number of carbonyl (C=O) groups is 3. The quantitative estimate of drug-likeness (QED) is 0.0346. The van der Waals surface area contributed by atoms with E-state index in [1.54, 1.807) is 0 Å². The summed E-state index contributed by atoms with van der Waals surface area (Å²) in [4.78, 5) is 37.9. The van der Waals surface area contributed by atoms with E-state index in [0.717, 1.165) is 69.6 Å². The van der Waals surface area contributed by atoms with Gasteiger partial charge in [0.15, 0.2) is 6.10 Å². The van der Waals surface area contributed by atoms with Crippen molar-refractivity contribution < 1.29 is 28.6 Å². The summed E-state index contributed by atoms with van der Waals surface area (Å²) in [6.45, 7) is 11.4. The molecule has 0 aliphatic carbocycles. The monoisotopic (exact) mass is 807 g/mol. The second kappa shape index (κ2) is 44.0. The van der Waals surface area contributed by atoms with E-state index in [1.165, 1.54) is 167 Å². The minimum atomic E-state index is -0.761. The Morgan fingerprint density at radius 1 is 0.368 bits per heavy atom. The van der Waals surface area contributed by atoms with Crippen LogP contribution in [0.3, 0.4) is 0 Å². The van der Waals surface area contributed by atoms with E-state index in [-0.39, 0.29) is 31.1 Å².